The van der Waals surface area contributed by atoms with Gasteiger partial charge in [-0.05, 0) is 36.8 Å². The van der Waals surface area contributed by atoms with Gasteiger partial charge >= 0.3 is 0 Å². The first-order chi connectivity index (χ1) is 10.5. The molecular weight excluding hydrogens is 304 g/mol. The summed E-state index contributed by atoms with van der Waals surface area (Å²) in [5.41, 5.74) is 0.825. The summed E-state index contributed by atoms with van der Waals surface area (Å²) in [7, 11) is -0.803. The van der Waals surface area contributed by atoms with Crippen LogP contribution in [0.4, 0.5) is 0 Å². The average Bonchev–Trinajstić information content (AvgIpc) is 2.54. The predicted molar refractivity (Wildman–Crippen MR) is 82.5 cm³/mol. The lowest BCUT2D eigenvalue weighted by Crippen LogP contribution is -2.27. The van der Waals surface area contributed by atoms with E-state index in [1.54, 1.807) is 37.5 Å². The number of sulfonamides is 1. The van der Waals surface area contributed by atoms with E-state index >= 15 is 0 Å². The van der Waals surface area contributed by atoms with Gasteiger partial charge in [0.1, 0.15) is 16.4 Å². The molecule has 0 radical (unpaired) electrons. The molecule has 0 aliphatic heterocycles. The van der Waals surface area contributed by atoms with Gasteiger partial charge in [0.15, 0.2) is 0 Å². The maximum atomic E-state index is 12.5. The van der Waals surface area contributed by atoms with Crippen molar-refractivity contribution in [2.75, 3.05) is 14.2 Å². The van der Waals surface area contributed by atoms with E-state index in [2.05, 4.69) is 9.71 Å². The number of rotatable bonds is 6. The topological polar surface area (TPSA) is 77.5 Å². The first-order valence-corrected chi connectivity index (χ1v) is 8.10. The van der Waals surface area contributed by atoms with Crippen LogP contribution in [0.25, 0.3) is 0 Å². The Labute approximate surface area is 130 Å². The molecule has 2 rings (SSSR count). The Morgan fingerprint density at radius 1 is 1.09 bits per heavy atom. The van der Waals surface area contributed by atoms with E-state index in [-0.39, 0.29) is 16.7 Å². The van der Waals surface area contributed by atoms with Crippen molar-refractivity contribution in [1.82, 2.24) is 9.71 Å². The van der Waals surface area contributed by atoms with E-state index < -0.39 is 10.0 Å². The van der Waals surface area contributed by atoms with Gasteiger partial charge in [-0.2, -0.15) is 0 Å². The maximum absolute atomic E-state index is 12.5. The molecule has 1 aromatic carbocycles. The van der Waals surface area contributed by atoms with Crippen LogP contribution in [0.5, 0.6) is 11.5 Å². The molecule has 22 heavy (non-hydrogen) atoms. The molecular formula is C15H18N2O4S. The van der Waals surface area contributed by atoms with Gasteiger partial charge in [0.2, 0.25) is 10.0 Å². The van der Waals surface area contributed by atoms with Crippen molar-refractivity contribution in [3.8, 4) is 11.5 Å². The summed E-state index contributed by atoms with van der Waals surface area (Å²) in [6.45, 7) is 1.77. The molecule has 0 aliphatic rings. The second kappa shape index (κ2) is 6.76. The fourth-order valence-corrected chi connectivity index (χ4v) is 3.40. The summed E-state index contributed by atoms with van der Waals surface area (Å²) in [6, 6.07) is 7.70. The van der Waals surface area contributed by atoms with Crippen molar-refractivity contribution in [1.29, 1.82) is 0 Å². The molecule has 0 unspecified atom stereocenters. The van der Waals surface area contributed by atoms with Crippen LogP contribution >= 0.6 is 0 Å². The second-order valence-corrected chi connectivity index (χ2v) is 6.32. The Kier molecular flexibility index (Phi) is 4.99. The average molecular weight is 322 g/mol. The van der Waals surface area contributed by atoms with Crippen LogP contribution in [0, 0.1) is 0 Å². The Morgan fingerprint density at radius 3 is 2.36 bits per heavy atom. The molecule has 0 spiro atoms. The molecule has 0 bridgehead atoms. The number of aromatic nitrogens is 1. The number of nitrogens with one attached hydrogen (secondary N) is 1. The minimum Gasteiger partial charge on any atom is -0.497 e. The van der Waals surface area contributed by atoms with Gasteiger partial charge in [-0.3, -0.25) is 4.98 Å². The Morgan fingerprint density at radius 2 is 1.77 bits per heavy atom. The highest BCUT2D eigenvalue weighted by Crippen LogP contribution is 2.29. The van der Waals surface area contributed by atoms with E-state index in [9.17, 15) is 8.42 Å². The molecule has 0 saturated heterocycles. The number of benzene rings is 1. The highest BCUT2D eigenvalue weighted by atomic mass is 32.2. The van der Waals surface area contributed by atoms with E-state index in [0.717, 1.165) is 5.56 Å². The number of methoxy groups -OCH3 is 2. The molecule has 0 saturated carbocycles. The summed E-state index contributed by atoms with van der Waals surface area (Å²) in [5.74, 6) is 0.756. The normalized spacial score (nSPS) is 12.7. The van der Waals surface area contributed by atoms with Crippen molar-refractivity contribution < 1.29 is 17.9 Å². The Balaban J connectivity index is 2.31. The monoisotopic (exact) mass is 322 g/mol. The van der Waals surface area contributed by atoms with Crippen LogP contribution in [0.15, 0.2) is 47.6 Å². The van der Waals surface area contributed by atoms with Crippen molar-refractivity contribution in [3.05, 3.63) is 48.3 Å². The van der Waals surface area contributed by atoms with Crippen LogP contribution < -0.4 is 14.2 Å². The first-order valence-electron chi connectivity index (χ1n) is 6.62. The van der Waals surface area contributed by atoms with E-state index in [1.165, 1.54) is 26.4 Å². The summed E-state index contributed by atoms with van der Waals surface area (Å²) in [5, 5.41) is 0. The van der Waals surface area contributed by atoms with Crippen molar-refractivity contribution in [2.24, 2.45) is 0 Å². The Bertz CT molecular complexity index is 732. The zero-order valence-electron chi connectivity index (χ0n) is 12.6. The second-order valence-electron chi connectivity index (χ2n) is 4.64. The molecule has 1 atom stereocenters. The van der Waals surface area contributed by atoms with Gasteiger partial charge in [-0.15, -0.1) is 0 Å². The third kappa shape index (κ3) is 3.55. The van der Waals surface area contributed by atoms with Crippen LogP contribution in [0.3, 0.4) is 0 Å². The van der Waals surface area contributed by atoms with Gasteiger partial charge in [-0.25, -0.2) is 13.1 Å². The van der Waals surface area contributed by atoms with Crippen LogP contribution in [0.1, 0.15) is 18.5 Å². The smallest absolute Gasteiger partial charge is 0.244 e. The minimum atomic E-state index is -3.73. The molecule has 118 valence electrons. The van der Waals surface area contributed by atoms with Gasteiger partial charge in [0.05, 0.1) is 14.2 Å². The lowest BCUT2D eigenvalue weighted by atomic mass is 10.1. The summed E-state index contributed by atoms with van der Waals surface area (Å²) < 4.78 is 37.9. The molecule has 6 nitrogen and oxygen atoms in total. The summed E-state index contributed by atoms with van der Waals surface area (Å²) >= 11 is 0. The van der Waals surface area contributed by atoms with Gasteiger partial charge in [0, 0.05) is 24.5 Å². The van der Waals surface area contributed by atoms with Crippen molar-refractivity contribution >= 4 is 10.0 Å². The highest BCUT2D eigenvalue weighted by molar-refractivity contribution is 7.89. The quantitative estimate of drug-likeness (QED) is 0.881. The number of hydrogen-bond donors (Lipinski definition) is 1. The molecule has 0 aliphatic carbocycles. The number of nitrogens with zero attached hydrogens (tertiary/aromatic N) is 1. The van der Waals surface area contributed by atoms with E-state index in [4.69, 9.17) is 9.47 Å². The molecule has 1 aromatic heterocycles. The van der Waals surface area contributed by atoms with E-state index in [0.29, 0.717) is 5.75 Å². The number of pyridine rings is 1. The fraction of sp³-hybridized carbons (Fsp3) is 0.267. The summed E-state index contributed by atoms with van der Waals surface area (Å²) in [6.07, 6.45) is 3.24. The molecule has 1 N–H and O–H groups in total. The lowest BCUT2D eigenvalue weighted by Gasteiger charge is -2.16. The third-order valence-corrected chi connectivity index (χ3v) is 4.78. The van der Waals surface area contributed by atoms with Crippen LogP contribution in [-0.2, 0) is 10.0 Å². The fourth-order valence-electron chi connectivity index (χ4n) is 2.01. The zero-order chi connectivity index (χ0) is 16.2. The predicted octanol–water partition coefficient (Wildman–Crippen LogP) is 2.14. The maximum Gasteiger partial charge on any atom is 0.244 e. The minimum absolute atomic E-state index is 0.0664. The standard InChI is InChI=1S/C15H18N2O4S/c1-11(12-6-8-16-9-7-12)17-22(18,19)15-5-4-13(20-2)10-14(15)21-3/h4-11,17H,1-3H3/t11-/m1/s1. The Hall–Kier alpha value is -2.12. The number of hydrogen-bond acceptors (Lipinski definition) is 5. The number of ether oxygens (including phenoxy) is 2. The molecule has 7 heteroatoms. The molecule has 0 fully saturated rings. The van der Waals surface area contributed by atoms with Crippen LogP contribution in [0.2, 0.25) is 0 Å². The SMILES string of the molecule is COc1ccc(S(=O)(=O)N[C@H](C)c2ccncc2)c(OC)c1. The lowest BCUT2D eigenvalue weighted by molar-refractivity contribution is 0.385. The first kappa shape index (κ1) is 16.3. The zero-order valence-corrected chi connectivity index (χ0v) is 13.4. The largest absolute Gasteiger partial charge is 0.497 e. The van der Waals surface area contributed by atoms with Gasteiger partial charge < -0.3 is 9.47 Å². The molecule has 2 aromatic rings. The molecule has 1 heterocycles. The van der Waals surface area contributed by atoms with Crippen molar-refractivity contribution in [2.45, 2.75) is 17.9 Å². The summed E-state index contributed by atoms with van der Waals surface area (Å²) in [4.78, 5) is 3.98. The van der Waals surface area contributed by atoms with Crippen molar-refractivity contribution in [3.63, 3.8) is 0 Å². The van der Waals surface area contributed by atoms with Gasteiger partial charge in [-0.1, -0.05) is 0 Å². The third-order valence-electron chi connectivity index (χ3n) is 3.20. The van der Waals surface area contributed by atoms with Gasteiger partial charge in [0.25, 0.3) is 0 Å². The van der Waals surface area contributed by atoms with Crippen LogP contribution in [-0.4, -0.2) is 27.6 Å². The highest BCUT2D eigenvalue weighted by Gasteiger charge is 2.22. The molecule has 0 amide bonds. The van der Waals surface area contributed by atoms with E-state index in [1.807, 2.05) is 0 Å².